The lowest BCUT2D eigenvalue weighted by Gasteiger charge is -2.27. The molecule has 0 radical (unpaired) electrons. The minimum absolute atomic E-state index is 0.154. The molecule has 3 heterocycles. The van der Waals surface area contributed by atoms with Crippen LogP contribution in [0.15, 0.2) is 74.0 Å². The molecule has 1 aliphatic heterocycles. The van der Waals surface area contributed by atoms with Crippen molar-refractivity contribution in [3.63, 3.8) is 0 Å². The van der Waals surface area contributed by atoms with Gasteiger partial charge in [-0.1, -0.05) is 47.9 Å². The van der Waals surface area contributed by atoms with Crippen LogP contribution in [0.25, 0.3) is 17.4 Å². The van der Waals surface area contributed by atoms with Crippen LogP contribution in [-0.2, 0) is 14.3 Å². The summed E-state index contributed by atoms with van der Waals surface area (Å²) in [7, 11) is 2.79. The van der Waals surface area contributed by atoms with Crippen LogP contribution in [-0.4, -0.2) is 37.3 Å². The van der Waals surface area contributed by atoms with Gasteiger partial charge in [0.25, 0.3) is 5.56 Å². The van der Waals surface area contributed by atoms with Gasteiger partial charge in [0.2, 0.25) is 0 Å². The first-order valence-electron chi connectivity index (χ1n) is 13.7. The quantitative estimate of drug-likeness (QED) is 0.205. The lowest BCUT2D eigenvalue weighted by molar-refractivity contribution is -0.139. The maximum absolute atomic E-state index is 14.1. The molecule has 9 nitrogen and oxygen atoms in total. The monoisotopic (exact) mass is 654 g/mol. The third-order valence-electron chi connectivity index (χ3n) is 6.93. The van der Waals surface area contributed by atoms with Crippen LogP contribution < -0.4 is 19.6 Å². The van der Waals surface area contributed by atoms with Gasteiger partial charge in [0, 0.05) is 22.2 Å². The Labute approximate surface area is 266 Å². The molecular formula is C32H28Cl2N2O7S. The van der Waals surface area contributed by atoms with E-state index in [2.05, 4.69) is 0 Å². The van der Waals surface area contributed by atoms with Crippen molar-refractivity contribution in [2.45, 2.75) is 32.7 Å². The maximum Gasteiger partial charge on any atom is 0.339 e. The van der Waals surface area contributed by atoms with E-state index in [0.29, 0.717) is 61.3 Å². The van der Waals surface area contributed by atoms with E-state index in [-0.39, 0.29) is 28.3 Å². The summed E-state index contributed by atoms with van der Waals surface area (Å²) in [6.07, 6.45) is 2.83. The van der Waals surface area contributed by atoms with Crippen molar-refractivity contribution < 1.29 is 28.2 Å². The Hall–Kier alpha value is -4.12. The fourth-order valence-corrected chi connectivity index (χ4v) is 6.37. The van der Waals surface area contributed by atoms with Gasteiger partial charge < -0.3 is 18.6 Å². The highest BCUT2D eigenvalue weighted by molar-refractivity contribution is 7.07. The highest BCUT2D eigenvalue weighted by atomic mass is 35.5. The smallest absolute Gasteiger partial charge is 0.339 e. The van der Waals surface area contributed by atoms with E-state index in [4.69, 9.17) is 46.8 Å². The molecule has 0 saturated carbocycles. The molecule has 1 atom stereocenters. The number of rotatable bonds is 9. The first-order valence-corrected chi connectivity index (χ1v) is 15.3. The molecule has 0 saturated heterocycles. The molecule has 0 unspecified atom stereocenters. The van der Waals surface area contributed by atoms with Crippen molar-refractivity contribution in [1.29, 1.82) is 0 Å². The minimum atomic E-state index is -0.888. The molecule has 2 aromatic carbocycles. The standard InChI is InChI=1S/C32H28Cl2N2O7S/c1-5-7-23-27(31(39)42-6-2)28(21-15-18(33)9-12-25(21)40-3)36-29(37)26(44-32(36)35-23)16-19-10-13-24(43-19)17-8-11-22(34)20(14-17)30(38)41-4/h8-16,28H,5-7H2,1-4H3/b26-16+/t28-/m1/s1. The van der Waals surface area contributed by atoms with Crippen molar-refractivity contribution in [3.8, 4) is 17.1 Å². The van der Waals surface area contributed by atoms with Gasteiger partial charge in [-0.3, -0.25) is 9.36 Å². The van der Waals surface area contributed by atoms with Crippen LogP contribution in [0.3, 0.4) is 0 Å². The summed E-state index contributed by atoms with van der Waals surface area (Å²) in [6.45, 7) is 3.86. The number of benzene rings is 2. The molecule has 0 bridgehead atoms. The highest BCUT2D eigenvalue weighted by Crippen LogP contribution is 2.38. The predicted octanol–water partition coefficient (Wildman–Crippen LogP) is 5.94. The van der Waals surface area contributed by atoms with Crippen LogP contribution in [0.2, 0.25) is 10.0 Å². The summed E-state index contributed by atoms with van der Waals surface area (Å²) in [5.74, 6) is 0.182. The van der Waals surface area contributed by atoms with Crippen molar-refractivity contribution in [1.82, 2.24) is 4.57 Å². The number of aromatic nitrogens is 1. The average Bonchev–Trinajstić information content (AvgIpc) is 3.60. The molecule has 228 valence electrons. The summed E-state index contributed by atoms with van der Waals surface area (Å²) in [4.78, 5) is 44.8. The fraction of sp³-hybridized carbons (Fsp3) is 0.250. The first-order chi connectivity index (χ1) is 21.2. The summed E-state index contributed by atoms with van der Waals surface area (Å²) in [5.41, 5.74) is 1.76. The SMILES string of the molecule is CCCC1=C(C(=O)OCC)[C@@H](c2cc(Cl)ccc2OC)n2c(s/c(=C/c3ccc(-c4ccc(Cl)c(C(=O)OC)c4)o3)c2=O)=N1. The minimum Gasteiger partial charge on any atom is -0.496 e. The van der Waals surface area contributed by atoms with Gasteiger partial charge in [0.15, 0.2) is 4.80 Å². The van der Waals surface area contributed by atoms with Gasteiger partial charge in [0.1, 0.15) is 23.3 Å². The average molecular weight is 656 g/mol. The van der Waals surface area contributed by atoms with Gasteiger partial charge in [-0.15, -0.1) is 0 Å². The topological polar surface area (TPSA) is 109 Å². The molecule has 0 fully saturated rings. The summed E-state index contributed by atoms with van der Waals surface area (Å²) >= 11 is 13.8. The van der Waals surface area contributed by atoms with Gasteiger partial charge >= 0.3 is 11.9 Å². The predicted molar refractivity (Wildman–Crippen MR) is 168 cm³/mol. The number of hydrogen-bond donors (Lipinski definition) is 0. The van der Waals surface area contributed by atoms with E-state index >= 15 is 0 Å². The fourth-order valence-electron chi connectivity index (χ4n) is 4.99. The van der Waals surface area contributed by atoms with Gasteiger partial charge in [-0.2, -0.15) is 0 Å². The van der Waals surface area contributed by atoms with E-state index in [1.165, 1.54) is 30.1 Å². The number of carbonyl (C=O) groups is 2. The number of esters is 2. The number of carbonyl (C=O) groups excluding carboxylic acids is 2. The van der Waals surface area contributed by atoms with Crippen LogP contribution in [0.4, 0.5) is 0 Å². The first kappa shape index (κ1) is 31.3. The number of furan rings is 1. The number of hydrogen-bond acceptors (Lipinski definition) is 9. The van der Waals surface area contributed by atoms with Crippen LogP contribution in [0.1, 0.15) is 54.4 Å². The molecule has 5 rings (SSSR count). The Morgan fingerprint density at radius 2 is 1.86 bits per heavy atom. The maximum atomic E-state index is 14.1. The third kappa shape index (κ3) is 5.97. The Kier molecular flexibility index (Phi) is 9.43. The summed E-state index contributed by atoms with van der Waals surface area (Å²) in [6, 6.07) is 12.5. The number of methoxy groups -OCH3 is 2. The molecule has 12 heteroatoms. The molecule has 0 N–H and O–H groups in total. The normalized spacial score (nSPS) is 14.7. The van der Waals surface area contributed by atoms with Gasteiger partial charge in [-0.25, -0.2) is 14.6 Å². The van der Waals surface area contributed by atoms with E-state index < -0.39 is 18.0 Å². The molecule has 44 heavy (non-hydrogen) atoms. The van der Waals surface area contributed by atoms with Crippen molar-refractivity contribution in [2.75, 3.05) is 20.8 Å². The molecular weight excluding hydrogens is 627 g/mol. The molecule has 2 aromatic heterocycles. The van der Waals surface area contributed by atoms with Crippen LogP contribution >= 0.6 is 34.5 Å². The van der Waals surface area contributed by atoms with Crippen molar-refractivity contribution in [3.05, 3.63) is 106 Å². The van der Waals surface area contributed by atoms with Gasteiger partial charge in [0.05, 0.1) is 47.2 Å². The highest BCUT2D eigenvalue weighted by Gasteiger charge is 2.36. The largest absolute Gasteiger partial charge is 0.496 e. The summed E-state index contributed by atoms with van der Waals surface area (Å²) in [5, 5.41) is 0.671. The Bertz CT molecular complexity index is 1970. The van der Waals surface area contributed by atoms with Crippen LogP contribution in [0.5, 0.6) is 5.75 Å². The number of thiazole rings is 1. The number of fused-ring (bicyclic) bond motifs is 1. The van der Waals surface area contributed by atoms with Crippen molar-refractivity contribution >= 4 is 52.6 Å². The number of allylic oxidation sites excluding steroid dienone is 1. The van der Waals surface area contributed by atoms with E-state index in [0.717, 1.165) is 0 Å². The number of halogens is 2. The van der Waals surface area contributed by atoms with Crippen LogP contribution in [0, 0.1) is 0 Å². The molecule has 0 spiro atoms. The third-order valence-corrected chi connectivity index (χ3v) is 8.48. The molecule has 0 aliphatic carbocycles. The molecule has 1 aliphatic rings. The zero-order valence-electron chi connectivity index (χ0n) is 24.3. The zero-order chi connectivity index (χ0) is 31.5. The Balaban J connectivity index is 1.67. The Morgan fingerprint density at radius 1 is 1.07 bits per heavy atom. The second-order valence-corrected chi connectivity index (χ2v) is 11.5. The summed E-state index contributed by atoms with van der Waals surface area (Å²) < 4.78 is 23.8. The number of ether oxygens (including phenoxy) is 3. The second-order valence-electron chi connectivity index (χ2n) is 9.69. The van der Waals surface area contributed by atoms with E-state index in [9.17, 15) is 14.4 Å². The lowest BCUT2D eigenvalue weighted by atomic mass is 9.93. The molecule has 0 amide bonds. The lowest BCUT2D eigenvalue weighted by Crippen LogP contribution is -2.40. The zero-order valence-corrected chi connectivity index (χ0v) is 26.6. The number of nitrogens with zero attached hydrogens (tertiary/aromatic N) is 2. The second kappa shape index (κ2) is 13.3. The Morgan fingerprint density at radius 3 is 2.57 bits per heavy atom. The van der Waals surface area contributed by atoms with E-state index in [1.54, 1.807) is 61.5 Å². The molecule has 4 aromatic rings. The van der Waals surface area contributed by atoms with Gasteiger partial charge in [-0.05, 0) is 61.9 Å². The van der Waals surface area contributed by atoms with E-state index in [1.807, 2.05) is 6.92 Å². The van der Waals surface area contributed by atoms with Crippen molar-refractivity contribution in [2.24, 2.45) is 4.99 Å².